The quantitative estimate of drug-likeness (QED) is 0.654. The largest absolute Gasteiger partial charge is 0.399 e. The average molecular weight is 353 g/mol. The molecule has 0 aliphatic heterocycles. The van der Waals surface area contributed by atoms with Crippen LogP contribution in [-0.4, -0.2) is 13.4 Å². The van der Waals surface area contributed by atoms with Crippen molar-refractivity contribution in [2.45, 2.75) is 4.90 Å². The molecular weight excluding hydrogens is 345 g/mol. The molecule has 0 saturated carbocycles. The van der Waals surface area contributed by atoms with Crippen molar-refractivity contribution in [1.29, 1.82) is 0 Å². The normalized spacial score (nSPS) is 11.3. The van der Waals surface area contributed by atoms with E-state index >= 15 is 0 Å². The minimum atomic E-state index is -4.01. The molecule has 0 spiro atoms. The van der Waals surface area contributed by atoms with E-state index in [-0.39, 0.29) is 31.5 Å². The lowest BCUT2D eigenvalue weighted by molar-refractivity contribution is 0.601. The highest BCUT2D eigenvalue weighted by Gasteiger charge is 2.23. The standard InChI is InChI=1S/C11H8Cl3N3O2S/c12-7-4-6(15)5-8(13)10(7)20(18,19)17-9-2-1-3-16-11(9)14/h1-5,17H,15H2. The Balaban J connectivity index is 2.50. The third-order valence-electron chi connectivity index (χ3n) is 2.29. The fourth-order valence-electron chi connectivity index (χ4n) is 1.49. The first-order valence-electron chi connectivity index (χ1n) is 5.19. The molecule has 3 N–H and O–H groups in total. The Bertz CT molecular complexity index is 742. The zero-order valence-corrected chi connectivity index (χ0v) is 12.9. The molecule has 1 aromatic heterocycles. The van der Waals surface area contributed by atoms with Crippen molar-refractivity contribution in [2.24, 2.45) is 0 Å². The number of benzene rings is 1. The van der Waals surface area contributed by atoms with Crippen molar-refractivity contribution >= 4 is 56.2 Å². The van der Waals surface area contributed by atoms with Crippen LogP contribution in [0.15, 0.2) is 35.4 Å². The molecule has 2 rings (SSSR count). The predicted octanol–water partition coefficient (Wildman–Crippen LogP) is 3.42. The van der Waals surface area contributed by atoms with Gasteiger partial charge in [-0.3, -0.25) is 4.72 Å². The highest BCUT2D eigenvalue weighted by atomic mass is 35.5. The molecule has 0 amide bonds. The van der Waals surface area contributed by atoms with Gasteiger partial charge in [-0.15, -0.1) is 0 Å². The van der Waals surface area contributed by atoms with Crippen molar-refractivity contribution in [2.75, 3.05) is 10.5 Å². The Labute approximate surface area is 130 Å². The van der Waals surface area contributed by atoms with Crippen LogP contribution < -0.4 is 10.5 Å². The molecule has 0 aliphatic carbocycles. The van der Waals surface area contributed by atoms with Crippen LogP contribution in [-0.2, 0) is 10.0 Å². The number of nitrogens with two attached hydrogens (primary N) is 1. The molecule has 1 aromatic carbocycles. The molecule has 0 fully saturated rings. The number of rotatable bonds is 3. The maximum atomic E-state index is 12.3. The number of aromatic nitrogens is 1. The van der Waals surface area contributed by atoms with E-state index in [4.69, 9.17) is 40.5 Å². The van der Waals surface area contributed by atoms with Crippen molar-refractivity contribution in [3.8, 4) is 0 Å². The van der Waals surface area contributed by atoms with E-state index in [2.05, 4.69) is 9.71 Å². The predicted molar refractivity (Wildman–Crippen MR) is 80.9 cm³/mol. The van der Waals surface area contributed by atoms with Crippen LogP contribution in [0.4, 0.5) is 11.4 Å². The van der Waals surface area contributed by atoms with E-state index in [0.717, 1.165) is 0 Å². The third-order valence-corrected chi connectivity index (χ3v) is 4.88. The van der Waals surface area contributed by atoms with Crippen LogP contribution >= 0.6 is 34.8 Å². The van der Waals surface area contributed by atoms with Crippen molar-refractivity contribution < 1.29 is 8.42 Å². The Morgan fingerprint density at radius 1 is 1.15 bits per heavy atom. The lowest BCUT2D eigenvalue weighted by atomic mass is 10.3. The highest BCUT2D eigenvalue weighted by Crippen LogP contribution is 2.33. The van der Waals surface area contributed by atoms with E-state index in [1.165, 1.54) is 30.5 Å². The average Bonchev–Trinajstić information content (AvgIpc) is 2.30. The summed E-state index contributed by atoms with van der Waals surface area (Å²) in [4.78, 5) is 3.50. The van der Waals surface area contributed by atoms with Gasteiger partial charge in [-0.25, -0.2) is 13.4 Å². The second-order valence-electron chi connectivity index (χ2n) is 3.76. The molecule has 0 aliphatic rings. The number of anilines is 2. The number of hydrogen-bond donors (Lipinski definition) is 2. The maximum absolute atomic E-state index is 12.3. The Morgan fingerprint density at radius 2 is 1.75 bits per heavy atom. The first-order chi connectivity index (χ1) is 9.31. The Kier molecular flexibility index (Phi) is 4.29. The summed E-state index contributed by atoms with van der Waals surface area (Å²) < 4.78 is 26.9. The topological polar surface area (TPSA) is 85.1 Å². The molecule has 9 heteroatoms. The number of halogens is 3. The summed E-state index contributed by atoms with van der Waals surface area (Å²) in [6, 6.07) is 5.60. The first kappa shape index (κ1) is 15.2. The third kappa shape index (κ3) is 3.09. The molecule has 2 aromatic rings. The molecule has 0 saturated heterocycles. The van der Waals surface area contributed by atoms with Crippen LogP contribution in [0.2, 0.25) is 15.2 Å². The maximum Gasteiger partial charge on any atom is 0.264 e. The van der Waals surface area contributed by atoms with Gasteiger partial charge in [-0.2, -0.15) is 0 Å². The van der Waals surface area contributed by atoms with Gasteiger partial charge in [0.15, 0.2) is 5.15 Å². The summed E-state index contributed by atoms with van der Waals surface area (Å²) in [5.41, 5.74) is 5.92. The van der Waals surface area contributed by atoms with E-state index in [1.54, 1.807) is 0 Å². The van der Waals surface area contributed by atoms with Crippen LogP contribution in [0, 0.1) is 0 Å². The van der Waals surface area contributed by atoms with Crippen LogP contribution in [0.5, 0.6) is 0 Å². The van der Waals surface area contributed by atoms with Gasteiger partial charge in [-0.1, -0.05) is 34.8 Å². The Hall–Kier alpha value is -1.21. The summed E-state index contributed by atoms with van der Waals surface area (Å²) >= 11 is 17.6. The first-order valence-corrected chi connectivity index (χ1v) is 7.81. The van der Waals surface area contributed by atoms with Crippen molar-refractivity contribution in [3.63, 3.8) is 0 Å². The number of nitrogen functional groups attached to an aromatic ring is 1. The lowest BCUT2D eigenvalue weighted by Crippen LogP contribution is -2.14. The molecule has 0 radical (unpaired) electrons. The summed E-state index contributed by atoms with van der Waals surface area (Å²) in [6.45, 7) is 0. The zero-order valence-electron chi connectivity index (χ0n) is 9.77. The molecule has 5 nitrogen and oxygen atoms in total. The smallest absolute Gasteiger partial charge is 0.264 e. The monoisotopic (exact) mass is 351 g/mol. The van der Waals surface area contributed by atoms with Gasteiger partial charge in [0.2, 0.25) is 0 Å². The molecule has 106 valence electrons. The van der Waals surface area contributed by atoms with Crippen LogP contribution in [0.1, 0.15) is 0 Å². The molecule has 0 atom stereocenters. The number of sulfonamides is 1. The SMILES string of the molecule is Nc1cc(Cl)c(S(=O)(=O)Nc2cccnc2Cl)c(Cl)c1. The molecule has 0 unspecified atom stereocenters. The fourth-order valence-corrected chi connectivity index (χ4v) is 4.02. The summed E-state index contributed by atoms with van der Waals surface area (Å²) in [6.07, 6.45) is 1.43. The van der Waals surface area contributed by atoms with Gasteiger partial charge in [0.05, 0.1) is 15.7 Å². The van der Waals surface area contributed by atoms with Gasteiger partial charge < -0.3 is 5.73 Å². The number of hydrogen-bond acceptors (Lipinski definition) is 4. The number of nitrogens with one attached hydrogen (secondary N) is 1. The highest BCUT2D eigenvalue weighted by molar-refractivity contribution is 7.93. The van der Waals surface area contributed by atoms with Gasteiger partial charge in [0, 0.05) is 11.9 Å². The summed E-state index contributed by atoms with van der Waals surface area (Å²) in [7, 11) is -4.01. The Morgan fingerprint density at radius 3 is 2.30 bits per heavy atom. The van der Waals surface area contributed by atoms with Crippen LogP contribution in [0.25, 0.3) is 0 Å². The van der Waals surface area contributed by atoms with E-state index in [1.807, 2.05) is 0 Å². The fraction of sp³-hybridized carbons (Fsp3) is 0. The van der Waals surface area contributed by atoms with Crippen molar-refractivity contribution in [1.82, 2.24) is 4.98 Å². The number of nitrogens with zero attached hydrogens (tertiary/aromatic N) is 1. The van der Waals surface area contributed by atoms with Gasteiger partial charge in [-0.05, 0) is 24.3 Å². The minimum absolute atomic E-state index is 0.0127. The van der Waals surface area contributed by atoms with E-state index < -0.39 is 10.0 Å². The zero-order chi connectivity index (χ0) is 14.9. The van der Waals surface area contributed by atoms with Gasteiger partial charge in [0.25, 0.3) is 10.0 Å². The molecular formula is C11H8Cl3N3O2S. The summed E-state index contributed by atoms with van der Waals surface area (Å²) in [5.74, 6) is 0. The van der Waals surface area contributed by atoms with Gasteiger partial charge >= 0.3 is 0 Å². The lowest BCUT2D eigenvalue weighted by Gasteiger charge is -2.12. The van der Waals surface area contributed by atoms with Gasteiger partial charge in [0.1, 0.15) is 4.90 Å². The van der Waals surface area contributed by atoms with E-state index in [9.17, 15) is 8.42 Å². The van der Waals surface area contributed by atoms with Crippen LogP contribution in [0.3, 0.4) is 0 Å². The van der Waals surface area contributed by atoms with E-state index in [0.29, 0.717) is 0 Å². The molecule has 20 heavy (non-hydrogen) atoms. The molecule has 1 heterocycles. The van der Waals surface area contributed by atoms with Crippen molar-refractivity contribution in [3.05, 3.63) is 45.7 Å². The summed E-state index contributed by atoms with van der Waals surface area (Å²) in [5, 5.41) is -0.149. The second-order valence-corrected chi connectivity index (χ2v) is 6.55. The second kappa shape index (κ2) is 5.65. The minimum Gasteiger partial charge on any atom is -0.399 e. The molecule has 0 bridgehead atoms. The number of pyridine rings is 1.